The van der Waals surface area contributed by atoms with Gasteiger partial charge in [-0.25, -0.2) is 0 Å². The Balaban J connectivity index is 0.00000276. The van der Waals surface area contributed by atoms with E-state index in [2.05, 4.69) is 16.7 Å². The second-order valence-electron chi connectivity index (χ2n) is 11.3. The maximum Gasteiger partial charge on any atom is 0.416 e. The summed E-state index contributed by atoms with van der Waals surface area (Å²) in [5, 5.41) is 2.06. The minimum absolute atomic E-state index is 0. The molecule has 0 saturated carbocycles. The second kappa shape index (κ2) is 15.3. The molecule has 0 radical (unpaired) electrons. The topological polar surface area (TPSA) is 36.0 Å². The van der Waals surface area contributed by atoms with Crippen molar-refractivity contribution in [2.75, 3.05) is 52.5 Å². The maximum absolute atomic E-state index is 13.7. The van der Waals surface area contributed by atoms with Crippen LogP contribution in [0.15, 0.2) is 60.7 Å². The number of amides is 1. The predicted octanol–water partition coefficient (Wildman–Crippen LogP) is 7.20. The largest absolute Gasteiger partial charge is 0.416 e. The van der Waals surface area contributed by atoms with Gasteiger partial charge in [-0.3, -0.25) is 14.6 Å². The van der Waals surface area contributed by atoms with E-state index >= 15 is 0 Å². The SMILES string of the molecule is CC[C@H]1COCCN1CCN1CCN(C(=O)c2cc(C(F)(F)F)cc(C(F)(F)F)c2)[C@H](Cc2ccc3ccccc3c2)C1.Cl.Cl. The Hall–Kier alpha value is -2.57. The summed E-state index contributed by atoms with van der Waals surface area (Å²) in [5.41, 5.74) is -2.67. The van der Waals surface area contributed by atoms with E-state index in [-0.39, 0.29) is 37.4 Å². The van der Waals surface area contributed by atoms with Crippen LogP contribution in [-0.2, 0) is 23.5 Å². The molecule has 0 N–H and O–H groups in total. The van der Waals surface area contributed by atoms with E-state index in [1.807, 2.05) is 42.5 Å². The van der Waals surface area contributed by atoms with Gasteiger partial charge in [0.25, 0.3) is 5.91 Å². The average Bonchev–Trinajstić information content (AvgIpc) is 2.99. The van der Waals surface area contributed by atoms with Crippen molar-refractivity contribution in [3.8, 4) is 0 Å². The van der Waals surface area contributed by atoms with Crippen LogP contribution in [0.3, 0.4) is 0 Å². The van der Waals surface area contributed by atoms with Gasteiger partial charge in [-0.2, -0.15) is 26.3 Å². The van der Waals surface area contributed by atoms with E-state index in [4.69, 9.17) is 4.74 Å². The molecular formula is C32H37Cl2F6N3O2. The van der Waals surface area contributed by atoms with Crippen molar-refractivity contribution >= 4 is 41.5 Å². The number of alkyl halides is 6. The third kappa shape index (κ3) is 9.04. The van der Waals surface area contributed by atoms with E-state index in [0.717, 1.165) is 42.4 Å². The number of benzene rings is 3. The van der Waals surface area contributed by atoms with Crippen molar-refractivity contribution in [1.29, 1.82) is 0 Å². The Morgan fingerprint density at radius 2 is 1.49 bits per heavy atom. The van der Waals surface area contributed by atoms with Crippen LogP contribution in [0, 0.1) is 0 Å². The first kappa shape index (κ1) is 36.9. The summed E-state index contributed by atoms with van der Waals surface area (Å²) in [7, 11) is 0. The monoisotopic (exact) mass is 679 g/mol. The lowest BCUT2D eigenvalue weighted by Gasteiger charge is -2.43. The Bertz CT molecular complexity index is 1410. The molecule has 0 spiro atoms. The fraction of sp³-hybridized carbons (Fsp3) is 0.469. The predicted molar refractivity (Wildman–Crippen MR) is 166 cm³/mol. The molecule has 2 atom stereocenters. The van der Waals surface area contributed by atoms with Gasteiger partial charge in [-0.05, 0) is 47.4 Å². The molecular weight excluding hydrogens is 643 g/mol. The summed E-state index contributed by atoms with van der Waals surface area (Å²) < 4.78 is 87.0. The highest BCUT2D eigenvalue weighted by Crippen LogP contribution is 2.37. The van der Waals surface area contributed by atoms with Gasteiger partial charge >= 0.3 is 12.4 Å². The zero-order valence-electron chi connectivity index (χ0n) is 24.7. The summed E-state index contributed by atoms with van der Waals surface area (Å²) in [6, 6.07) is 14.8. The van der Waals surface area contributed by atoms with Crippen molar-refractivity contribution in [3.63, 3.8) is 0 Å². The van der Waals surface area contributed by atoms with Gasteiger partial charge in [0, 0.05) is 56.9 Å². The molecule has 3 aromatic carbocycles. The second-order valence-corrected chi connectivity index (χ2v) is 11.3. The average molecular weight is 681 g/mol. The normalized spacial score (nSPS) is 20.0. The molecule has 2 saturated heterocycles. The smallest absolute Gasteiger partial charge is 0.378 e. The van der Waals surface area contributed by atoms with Gasteiger partial charge in [-0.1, -0.05) is 49.4 Å². The van der Waals surface area contributed by atoms with E-state index < -0.39 is 41.0 Å². The van der Waals surface area contributed by atoms with Crippen molar-refractivity contribution in [1.82, 2.24) is 14.7 Å². The van der Waals surface area contributed by atoms with Crippen molar-refractivity contribution in [2.45, 2.75) is 44.2 Å². The minimum atomic E-state index is -5.03. The van der Waals surface area contributed by atoms with Crippen LogP contribution in [0.1, 0.15) is 40.4 Å². The van der Waals surface area contributed by atoms with Gasteiger partial charge in [0.15, 0.2) is 0 Å². The molecule has 0 aromatic heterocycles. The number of fused-ring (bicyclic) bond motifs is 1. The van der Waals surface area contributed by atoms with Crippen molar-refractivity contribution in [3.05, 3.63) is 82.9 Å². The highest BCUT2D eigenvalue weighted by molar-refractivity contribution is 5.95. The lowest BCUT2D eigenvalue weighted by Crippen LogP contribution is -2.57. The fourth-order valence-electron chi connectivity index (χ4n) is 6.08. The number of hydrogen-bond acceptors (Lipinski definition) is 4. The molecule has 2 fully saturated rings. The summed E-state index contributed by atoms with van der Waals surface area (Å²) in [6.45, 7) is 6.94. The van der Waals surface area contributed by atoms with Crippen molar-refractivity contribution in [2.24, 2.45) is 0 Å². The van der Waals surface area contributed by atoms with Gasteiger partial charge in [0.1, 0.15) is 0 Å². The standard InChI is InChI=1S/C32H35F6N3O2.2ClH/c1-2-28-21-43-14-13-40(28)11-9-39-10-12-41(29(20-39)16-22-7-8-23-5-3-4-6-24(23)15-22)30(42)25-17-26(31(33,34)35)19-27(18-25)32(36,37)38;;/h3-8,15,17-19,28-29H,2,9-14,16,20-21H2,1H3;2*1H/t28-,29+;;/m0../s1. The van der Waals surface area contributed by atoms with Crippen LogP contribution in [-0.4, -0.2) is 85.2 Å². The Morgan fingerprint density at radius 3 is 2.13 bits per heavy atom. The molecule has 2 aliphatic rings. The molecule has 1 amide bonds. The van der Waals surface area contributed by atoms with E-state index in [1.54, 1.807) is 0 Å². The van der Waals surface area contributed by atoms with Crippen LogP contribution >= 0.6 is 24.8 Å². The number of halogens is 8. The molecule has 3 aromatic rings. The van der Waals surface area contributed by atoms with Crippen LogP contribution in [0.5, 0.6) is 0 Å². The van der Waals surface area contributed by atoms with Gasteiger partial charge in [-0.15, -0.1) is 24.8 Å². The molecule has 248 valence electrons. The highest BCUT2D eigenvalue weighted by atomic mass is 35.5. The summed E-state index contributed by atoms with van der Waals surface area (Å²) >= 11 is 0. The Labute approximate surface area is 271 Å². The first-order chi connectivity index (χ1) is 20.4. The van der Waals surface area contributed by atoms with E-state index in [1.165, 1.54) is 4.90 Å². The van der Waals surface area contributed by atoms with E-state index in [9.17, 15) is 31.1 Å². The molecule has 2 aliphatic heterocycles. The number of rotatable bonds is 7. The molecule has 13 heteroatoms. The molecule has 0 bridgehead atoms. The Morgan fingerprint density at radius 1 is 0.822 bits per heavy atom. The maximum atomic E-state index is 13.7. The minimum Gasteiger partial charge on any atom is -0.378 e. The van der Waals surface area contributed by atoms with Crippen molar-refractivity contribution < 1.29 is 35.9 Å². The van der Waals surface area contributed by atoms with Crippen LogP contribution in [0.4, 0.5) is 26.3 Å². The van der Waals surface area contributed by atoms with Crippen LogP contribution in [0.25, 0.3) is 10.8 Å². The zero-order chi connectivity index (χ0) is 30.8. The molecule has 0 aliphatic carbocycles. The first-order valence-electron chi connectivity index (χ1n) is 14.5. The summed E-state index contributed by atoms with van der Waals surface area (Å²) in [4.78, 5) is 19.8. The number of nitrogens with zero attached hydrogens (tertiary/aromatic N) is 3. The first-order valence-corrected chi connectivity index (χ1v) is 14.5. The third-order valence-electron chi connectivity index (χ3n) is 8.47. The number of hydrogen-bond donors (Lipinski definition) is 0. The summed E-state index contributed by atoms with van der Waals surface area (Å²) in [5.74, 6) is -0.832. The van der Waals surface area contributed by atoms with Gasteiger partial charge in [0.2, 0.25) is 0 Å². The molecule has 5 nitrogen and oxygen atoms in total. The third-order valence-corrected chi connectivity index (χ3v) is 8.47. The molecule has 45 heavy (non-hydrogen) atoms. The van der Waals surface area contributed by atoms with Crippen LogP contribution in [0.2, 0.25) is 0 Å². The number of ether oxygens (including phenoxy) is 1. The highest BCUT2D eigenvalue weighted by Gasteiger charge is 2.39. The molecule has 5 rings (SSSR count). The molecule has 2 heterocycles. The summed E-state index contributed by atoms with van der Waals surface area (Å²) in [6.07, 6.45) is -8.69. The lowest BCUT2D eigenvalue weighted by molar-refractivity contribution is -0.143. The number of morpholine rings is 1. The zero-order valence-corrected chi connectivity index (χ0v) is 26.4. The number of carbonyl (C=O) groups excluding carboxylic acids is 1. The lowest BCUT2D eigenvalue weighted by atomic mass is 9.97. The number of carbonyl (C=O) groups is 1. The van der Waals surface area contributed by atoms with Gasteiger partial charge < -0.3 is 9.64 Å². The fourth-order valence-corrected chi connectivity index (χ4v) is 6.08. The quantitative estimate of drug-likeness (QED) is 0.248. The number of piperazine rings is 1. The van der Waals surface area contributed by atoms with Gasteiger partial charge in [0.05, 0.1) is 24.3 Å². The Kier molecular flexibility index (Phi) is 12.6. The molecule has 0 unspecified atom stereocenters. The van der Waals surface area contributed by atoms with Crippen LogP contribution < -0.4 is 0 Å². The van der Waals surface area contributed by atoms with E-state index in [0.29, 0.717) is 50.9 Å².